The molecule has 0 amide bonds. The highest BCUT2D eigenvalue weighted by atomic mass is 15.2. The summed E-state index contributed by atoms with van der Waals surface area (Å²) in [5, 5.41) is 0. The van der Waals surface area contributed by atoms with Gasteiger partial charge in [-0.3, -0.25) is 0 Å². The van der Waals surface area contributed by atoms with Crippen molar-refractivity contribution in [1.82, 2.24) is 4.90 Å². The molecule has 3 atom stereocenters. The normalized spacial score (nSPS) is 38.3. The summed E-state index contributed by atoms with van der Waals surface area (Å²) < 4.78 is 0. The van der Waals surface area contributed by atoms with Crippen LogP contribution in [0.25, 0.3) is 0 Å². The number of hydrogen-bond acceptors (Lipinski definition) is 1. The number of likely N-dealkylation sites (tertiary alicyclic amines) is 1. The van der Waals surface area contributed by atoms with Gasteiger partial charge in [0, 0.05) is 18.3 Å². The van der Waals surface area contributed by atoms with Gasteiger partial charge in [-0.05, 0) is 50.9 Å². The number of rotatable bonds is 1. The van der Waals surface area contributed by atoms with Gasteiger partial charge in [0.1, 0.15) is 0 Å². The first-order chi connectivity index (χ1) is 6.72. The van der Waals surface area contributed by atoms with Crippen LogP contribution >= 0.6 is 0 Å². The molecule has 0 aromatic rings. The van der Waals surface area contributed by atoms with Crippen molar-refractivity contribution >= 4 is 0 Å². The van der Waals surface area contributed by atoms with E-state index in [-0.39, 0.29) is 0 Å². The number of hydrogen-bond donors (Lipinski definition) is 0. The Balaban J connectivity index is 2.08. The molecule has 0 aromatic carbocycles. The van der Waals surface area contributed by atoms with Crippen molar-refractivity contribution in [2.75, 3.05) is 6.54 Å². The zero-order chi connectivity index (χ0) is 10.1. The van der Waals surface area contributed by atoms with Gasteiger partial charge < -0.3 is 4.90 Å². The summed E-state index contributed by atoms with van der Waals surface area (Å²) in [6, 6.07) is 0.831. The van der Waals surface area contributed by atoms with Gasteiger partial charge in [0.25, 0.3) is 0 Å². The van der Waals surface area contributed by atoms with E-state index in [0.717, 1.165) is 24.4 Å². The van der Waals surface area contributed by atoms with Crippen molar-refractivity contribution in [2.45, 2.75) is 52.0 Å². The summed E-state index contributed by atoms with van der Waals surface area (Å²) in [7, 11) is 0. The Bertz CT molecular complexity index is 221. The minimum absolute atomic E-state index is 0.831. The zero-order valence-corrected chi connectivity index (χ0v) is 9.63. The Morgan fingerprint density at radius 2 is 2.14 bits per heavy atom. The summed E-state index contributed by atoms with van der Waals surface area (Å²) in [5.74, 6) is 1.92. The topological polar surface area (TPSA) is 3.24 Å². The van der Waals surface area contributed by atoms with Crippen LogP contribution in [0.1, 0.15) is 46.0 Å². The summed E-state index contributed by atoms with van der Waals surface area (Å²) in [5.41, 5.74) is 1.39. The lowest BCUT2D eigenvalue weighted by atomic mass is 9.73. The Kier molecular flexibility index (Phi) is 2.85. The van der Waals surface area contributed by atoms with Gasteiger partial charge in [-0.15, -0.1) is 0 Å². The summed E-state index contributed by atoms with van der Waals surface area (Å²) in [6.45, 7) is 10.0. The van der Waals surface area contributed by atoms with Crippen LogP contribution in [0.3, 0.4) is 0 Å². The SMILES string of the molecule is C=C1CCC2CC(C)CCC2N1CC. The maximum absolute atomic E-state index is 4.20. The van der Waals surface area contributed by atoms with Crippen LogP contribution in [0.2, 0.25) is 0 Å². The Morgan fingerprint density at radius 3 is 2.86 bits per heavy atom. The van der Waals surface area contributed by atoms with Crippen LogP contribution in [-0.2, 0) is 0 Å². The first-order valence-corrected chi connectivity index (χ1v) is 6.16. The van der Waals surface area contributed by atoms with Gasteiger partial charge in [0.2, 0.25) is 0 Å². The molecule has 1 saturated heterocycles. The molecule has 0 bridgehead atoms. The third-order valence-corrected chi connectivity index (χ3v) is 4.16. The van der Waals surface area contributed by atoms with E-state index in [9.17, 15) is 0 Å². The van der Waals surface area contributed by atoms with Crippen molar-refractivity contribution < 1.29 is 0 Å². The van der Waals surface area contributed by atoms with E-state index in [0.29, 0.717) is 0 Å². The molecule has 1 saturated carbocycles. The standard InChI is InChI=1S/C13H23N/c1-4-14-11(3)6-7-12-9-10(2)5-8-13(12)14/h10,12-13H,3-9H2,1-2H3. The smallest absolute Gasteiger partial charge is 0.0315 e. The van der Waals surface area contributed by atoms with Crippen molar-refractivity contribution in [1.29, 1.82) is 0 Å². The van der Waals surface area contributed by atoms with E-state index >= 15 is 0 Å². The van der Waals surface area contributed by atoms with E-state index < -0.39 is 0 Å². The van der Waals surface area contributed by atoms with Crippen molar-refractivity contribution in [2.24, 2.45) is 11.8 Å². The first-order valence-electron chi connectivity index (χ1n) is 6.16. The quantitative estimate of drug-likeness (QED) is 0.617. The fourth-order valence-electron chi connectivity index (χ4n) is 3.39. The van der Waals surface area contributed by atoms with Crippen molar-refractivity contribution in [3.63, 3.8) is 0 Å². The van der Waals surface area contributed by atoms with Gasteiger partial charge in [-0.1, -0.05) is 13.5 Å². The molecule has 1 aliphatic heterocycles. The second-order valence-electron chi connectivity index (χ2n) is 5.14. The van der Waals surface area contributed by atoms with E-state index in [4.69, 9.17) is 0 Å². The van der Waals surface area contributed by atoms with E-state index in [1.165, 1.54) is 37.8 Å². The first kappa shape index (κ1) is 10.1. The highest BCUT2D eigenvalue weighted by molar-refractivity contribution is 5.04. The second kappa shape index (κ2) is 3.96. The molecule has 80 valence electrons. The molecule has 0 aromatic heterocycles. The van der Waals surface area contributed by atoms with Gasteiger partial charge in [-0.2, -0.15) is 0 Å². The monoisotopic (exact) mass is 193 g/mol. The number of nitrogens with zero attached hydrogens (tertiary/aromatic N) is 1. The van der Waals surface area contributed by atoms with Gasteiger partial charge in [0.15, 0.2) is 0 Å². The van der Waals surface area contributed by atoms with Crippen LogP contribution in [0.4, 0.5) is 0 Å². The molecule has 0 spiro atoms. The molecular weight excluding hydrogens is 170 g/mol. The largest absolute Gasteiger partial charge is 0.372 e. The molecule has 1 aliphatic carbocycles. The van der Waals surface area contributed by atoms with Gasteiger partial charge in [0.05, 0.1) is 0 Å². The molecule has 1 heteroatoms. The summed E-state index contributed by atoms with van der Waals surface area (Å²) >= 11 is 0. The summed E-state index contributed by atoms with van der Waals surface area (Å²) in [6.07, 6.45) is 6.91. The van der Waals surface area contributed by atoms with Crippen LogP contribution in [0.5, 0.6) is 0 Å². The zero-order valence-electron chi connectivity index (χ0n) is 9.63. The molecule has 0 N–H and O–H groups in total. The molecule has 2 aliphatic rings. The van der Waals surface area contributed by atoms with E-state index in [1.807, 2.05) is 0 Å². The van der Waals surface area contributed by atoms with Gasteiger partial charge >= 0.3 is 0 Å². The van der Waals surface area contributed by atoms with Crippen LogP contribution < -0.4 is 0 Å². The molecule has 2 rings (SSSR count). The third kappa shape index (κ3) is 1.69. The maximum atomic E-state index is 4.20. The molecular formula is C13H23N. The molecule has 14 heavy (non-hydrogen) atoms. The number of fused-ring (bicyclic) bond motifs is 1. The average molecular weight is 193 g/mol. The molecule has 1 nitrogen and oxygen atoms in total. The highest BCUT2D eigenvalue weighted by Crippen LogP contribution is 2.40. The third-order valence-electron chi connectivity index (χ3n) is 4.16. The molecule has 3 unspecified atom stereocenters. The fourth-order valence-corrected chi connectivity index (χ4v) is 3.39. The fraction of sp³-hybridized carbons (Fsp3) is 0.846. The highest BCUT2D eigenvalue weighted by Gasteiger charge is 2.35. The summed E-state index contributed by atoms with van der Waals surface area (Å²) in [4.78, 5) is 2.57. The van der Waals surface area contributed by atoms with Crippen LogP contribution in [0.15, 0.2) is 12.3 Å². The lowest BCUT2D eigenvalue weighted by molar-refractivity contribution is 0.0814. The number of piperidine rings is 1. The Morgan fingerprint density at radius 1 is 1.36 bits per heavy atom. The minimum Gasteiger partial charge on any atom is -0.372 e. The lowest BCUT2D eigenvalue weighted by Gasteiger charge is -2.47. The van der Waals surface area contributed by atoms with Crippen molar-refractivity contribution in [3.8, 4) is 0 Å². The van der Waals surface area contributed by atoms with E-state index in [2.05, 4.69) is 25.3 Å². The predicted octanol–water partition coefficient (Wildman–Crippen LogP) is 3.42. The van der Waals surface area contributed by atoms with Crippen molar-refractivity contribution in [3.05, 3.63) is 12.3 Å². The average Bonchev–Trinajstić information content (AvgIpc) is 2.18. The molecule has 1 heterocycles. The number of allylic oxidation sites excluding steroid dienone is 1. The van der Waals surface area contributed by atoms with E-state index in [1.54, 1.807) is 0 Å². The predicted molar refractivity (Wildman–Crippen MR) is 61.0 cm³/mol. The minimum atomic E-state index is 0.831. The molecule has 0 radical (unpaired) electrons. The van der Waals surface area contributed by atoms with Gasteiger partial charge in [-0.25, -0.2) is 0 Å². The Labute approximate surface area is 88.2 Å². The molecule has 2 fully saturated rings. The Hall–Kier alpha value is -0.460. The van der Waals surface area contributed by atoms with Crippen LogP contribution in [0, 0.1) is 11.8 Å². The second-order valence-corrected chi connectivity index (χ2v) is 5.14. The van der Waals surface area contributed by atoms with Crippen LogP contribution in [-0.4, -0.2) is 17.5 Å². The maximum Gasteiger partial charge on any atom is 0.0315 e. The lowest BCUT2D eigenvalue weighted by Crippen LogP contribution is -2.46.